The maximum absolute atomic E-state index is 3.77. The number of rotatable bonds is 3. The lowest BCUT2D eigenvalue weighted by Crippen LogP contribution is -1.85. The molecule has 8 aromatic rings. The summed E-state index contributed by atoms with van der Waals surface area (Å²) < 4.78 is 0. The third-order valence-electron chi connectivity index (χ3n) is 7.74. The van der Waals surface area contributed by atoms with Crippen molar-refractivity contribution in [2.45, 2.75) is 0 Å². The number of aromatic nitrogens is 2. The van der Waals surface area contributed by atoms with Gasteiger partial charge in [0, 0.05) is 43.7 Å². The van der Waals surface area contributed by atoms with Crippen LogP contribution in [0.25, 0.3) is 77.0 Å². The molecule has 0 amide bonds. The van der Waals surface area contributed by atoms with Gasteiger partial charge in [-0.1, -0.05) is 91.0 Å². The Morgan fingerprint density at radius 1 is 0.316 bits per heavy atom. The van der Waals surface area contributed by atoms with Crippen LogP contribution >= 0.6 is 0 Å². The molecule has 0 atom stereocenters. The quantitative estimate of drug-likeness (QED) is 0.250. The number of H-pyrrole nitrogens is 2. The van der Waals surface area contributed by atoms with E-state index in [-0.39, 0.29) is 0 Å². The van der Waals surface area contributed by atoms with Crippen LogP contribution in [0.3, 0.4) is 0 Å². The Labute approximate surface area is 220 Å². The SMILES string of the molecule is c1ccc(-c2ccc3[nH]c4c(-c5ccc6[nH]c7ccccc7c6c5)cc(-c5ccccc5)cc4c3c2)cc1. The van der Waals surface area contributed by atoms with Gasteiger partial charge in [0.1, 0.15) is 0 Å². The van der Waals surface area contributed by atoms with Crippen molar-refractivity contribution in [3.05, 3.63) is 133 Å². The minimum Gasteiger partial charge on any atom is -0.355 e. The van der Waals surface area contributed by atoms with Crippen molar-refractivity contribution < 1.29 is 0 Å². The van der Waals surface area contributed by atoms with E-state index in [9.17, 15) is 0 Å². The maximum atomic E-state index is 3.77. The van der Waals surface area contributed by atoms with Crippen LogP contribution in [0.15, 0.2) is 133 Å². The summed E-state index contributed by atoms with van der Waals surface area (Å²) in [7, 11) is 0. The average molecular weight is 485 g/mol. The minimum atomic E-state index is 1.15. The molecular formula is C36H24N2. The molecule has 178 valence electrons. The van der Waals surface area contributed by atoms with Gasteiger partial charge in [0.15, 0.2) is 0 Å². The summed E-state index contributed by atoms with van der Waals surface area (Å²) in [6.07, 6.45) is 0. The molecule has 0 aliphatic carbocycles. The first-order chi connectivity index (χ1) is 18.8. The van der Waals surface area contributed by atoms with Crippen molar-refractivity contribution in [1.29, 1.82) is 0 Å². The second-order valence-corrected chi connectivity index (χ2v) is 9.99. The highest BCUT2D eigenvalue weighted by atomic mass is 14.7. The van der Waals surface area contributed by atoms with Gasteiger partial charge >= 0.3 is 0 Å². The second-order valence-electron chi connectivity index (χ2n) is 9.99. The molecule has 0 aliphatic heterocycles. The van der Waals surface area contributed by atoms with Crippen molar-refractivity contribution >= 4 is 43.6 Å². The van der Waals surface area contributed by atoms with Gasteiger partial charge in [-0.15, -0.1) is 0 Å². The molecule has 2 nitrogen and oxygen atoms in total. The zero-order valence-electron chi connectivity index (χ0n) is 20.7. The molecule has 2 aromatic heterocycles. The maximum Gasteiger partial charge on any atom is 0.0544 e. The Morgan fingerprint density at radius 3 is 1.66 bits per heavy atom. The highest BCUT2D eigenvalue weighted by Gasteiger charge is 2.15. The Kier molecular flexibility index (Phi) is 4.55. The smallest absolute Gasteiger partial charge is 0.0544 e. The van der Waals surface area contributed by atoms with Crippen LogP contribution in [0.1, 0.15) is 0 Å². The zero-order valence-corrected chi connectivity index (χ0v) is 20.7. The first-order valence-electron chi connectivity index (χ1n) is 13.0. The fourth-order valence-corrected chi connectivity index (χ4v) is 5.85. The Balaban J connectivity index is 1.43. The number of hydrogen-bond acceptors (Lipinski definition) is 0. The summed E-state index contributed by atoms with van der Waals surface area (Å²) in [4.78, 5) is 7.34. The molecule has 0 unspecified atom stereocenters. The van der Waals surface area contributed by atoms with Crippen LogP contribution in [-0.2, 0) is 0 Å². The van der Waals surface area contributed by atoms with E-state index in [1.807, 2.05) is 0 Å². The first kappa shape index (κ1) is 21.0. The number of para-hydroxylation sites is 1. The van der Waals surface area contributed by atoms with E-state index in [0.29, 0.717) is 0 Å². The lowest BCUT2D eigenvalue weighted by molar-refractivity contribution is 1.52. The van der Waals surface area contributed by atoms with Crippen LogP contribution in [-0.4, -0.2) is 9.97 Å². The summed E-state index contributed by atoms with van der Waals surface area (Å²) in [5.41, 5.74) is 12.0. The second kappa shape index (κ2) is 8.22. The minimum absolute atomic E-state index is 1.15. The third kappa shape index (κ3) is 3.28. The van der Waals surface area contributed by atoms with E-state index in [0.717, 1.165) is 11.0 Å². The lowest BCUT2D eigenvalue weighted by atomic mass is 9.94. The van der Waals surface area contributed by atoms with Crippen LogP contribution in [0.4, 0.5) is 0 Å². The monoisotopic (exact) mass is 484 g/mol. The van der Waals surface area contributed by atoms with Crippen LogP contribution in [0.5, 0.6) is 0 Å². The topological polar surface area (TPSA) is 31.6 Å². The largest absolute Gasteiger partial charge is 0.355 e. The molecule has 2 heterocycles. The van der Waals surface area contributed by atoms with Gasteiger partial charge in [0.05, 0.1) is 5.52 Å². The molecule has 0 saturated carbocycles. The lowest BCUT2D eigenvalue weighted by Gasteiger charge is -2.10. The Hall–Kier alpha value is -5.08. The van der Waals surface area contributed by atoms with Gasteiger partial charge in [-0.2, -0.15) is 0 Å². The number of benzene rings is 6. The van der Waals surface area contributed by atoms with Gasteiger partial charge in [-0.05, 0) is 70.3 Å². The summed E-state index contributed by atoms with van der Waals surface area (Å²) in [5.74, 6) is 0. The van der Waals surface area contributed by atoms with Crippen LogP contribution in [0, 0.1) is 0 Å². The third-order valence-corrected chi connectivity index (χ3v) is 7.74. The average Bonchev–Trinajstić information content (AvgIpc) is 3.55. The van der Waals surface area contributed by atoms with Gasteiger partial charge < -0.3 is 9.97 Å². The molecule has 2 N–H and O–H groups in total. The molecule has 2 heteroatoms. The number of hydrogen-bond donors (Lipinski definition) is 2. The fourth-order valence-electron chi connectivity index (χ4n) is 5.85. The highest BCUT2D eigenvalue weighted by Crippen LogP contribution is 2.40. The summed E-state index contributed by atoms with van der Waals surface area (Å²) in [5, 5.41) is 4.99. The van der Waals surface area contributed by atoms with E-state index >= 15 is 0 Å². The molecule has 0 aliphatic rings. The van der Waals surface area contributed by atoms with E-state index in [4.69, 9.17) is 0 Å². The molecule has 0 fully saturated rings. The summed E-state index contributed by atoms with van der Waals surface area (Å²) in [6, 6.07) is 48.0. The number of nitrogens with one attached hydrogen (secondary N) is 2. The predicted octanol–water partition coefficient (Wildman–Crippen LogP) is 9.96. The van der Waals surface area contributed by atoms with Gasteiger partial charge in [-0.25, -0.2) is 0 Å². The van der Waals surface area contributed by atoms with Crippen molar-refractivity contribution in [2.24, 2.45) is 0 Å². The molecular weight excluding hydrogens is 460 g/mol. The number of aromatic amines is 2. The van der Waals surface area contributed by atoms with E-state index in [1.54, 1.807) is 0 Å². The normalized spacial score (nSPS) is 11.7. The van der Waals surface area contributed by atoms with Crippen molar-refractivity contribution in [2.75, 3.05) is 0 Å². The van der Waals surface area contributed by atoms with Gasteiger partial charge in [0.25, 0.3) is 0 Å². The van der Waals surface area contributed by atoms with Gasteiger partial charge in [-0.3, -0.25) is 0 Å². The molecule has 0 bridgehead atoms. The van der Waals surface area contributed by atoms with E-state index in [2.05, 4.69) is 143 Å². The van der Waals surface area contributed by atoms with Crippen LogP contribution < -0.4 is 0 Å². The summed E-state index contributed by atoms with van der Waals surface area (Å²) >= 11 is 0. The molecule has 38 heavy (non-hydrogen) atoms. The number of fused-ring (bicyclic) bond motifs is 6. The van der Waals surface area contributed by atoms with Gasteiger partial charge in [0.2, 0.25) is 0 Å². The van der Waals surface area contributed by atoms with E-state index in [1.165, 1.54) is 66.0 Å². The predicted molar refractivity (Wildman–Crippen MR) is 161 cm³/mol. The zero-order chi connectivity index (χ0) is 25.1. The molecule has 0 spiro atoms. The molecule has 6 aromatic carbocycles. The van der Waals surface area contributed by atoms with Crippen molar-refractivity contribution in [3.8, 4) is 33.4 Å². The molecule has 0 radical (unpaired) electrons. The van der Waals surface area contributed by atoms with E-state index < -0.39 is 0 Å². The van der Waals surface area contributed by atoms with Crippen LogP contribution in [0.2, 0.25) is 0 Å². The standard InChI is InChI=1S/C36H24N2/c1-3-9-23(10-4-1)25-15-17-35-31(19-25)32-22-27(24-11-5-2-6-12-24)21-29(36(32)38-35)26-16-18-34-30(20-26)28-13-7-8-14-33(28)37-34/h1-22,37-38H. The first-order valence-corrected chi connectivity index (χ1v) is 13.0. The summed E-state index contributed by atoms with van der Waals surface area (Å²) in [6.45, 7) is 0. The van der Waals surface area contributed by atoms with Crippen molar-refractivity contribution in [3.63, 3.8) is 0 Å². The molecule has 8 rings (SSSR count). The van der Waals surface area contributed by atoms with Crippen molar-refractivity contribution in [1.82, 2.24) is 9.97 Å². The fraction of sp³-hybridized carbons (Fsp3) is 0. The molecule has 0 saturated heterocycles. The Morgan fingerprint density at radius 2 is 0.868 bits per heavy atom. The Bertz CT molecular complexity index is 2110. The highest BCUT2D eigenvalue weighted by molar-refractivity contribution is 6.15.